The lowest BCUT2D eigenvalue weighted by Gasteiger charge is -2.09. The van der Waals surface area contributed by atoms with Gasteiger partial charge in [0, 0.05) is 12.7 Å². The lowest BCUT2D eigenvalue weighted by molar-refractivity contribution is 0.0954. The van der Waals surface area contributed by atoms with Crippen LogP contribution in [-0.2, 0) is 6.54 Å². The number of nitrogen functional groups attached to an aromatic ring is 1. The minimum Gasteiger partial charge on any atom is -0.365 e. The first kappa shape index (κ1) is 13.0. The van der Waals surface area contributed by atoms with Crippen molar-refractivity contribution in [3.8, 4) is 0 Å². The van der Waals surface area contributed by atoms with Crippen molar-refractivity contribution in [2.24, 2.45) is 5.84 Å². The number of nitrogens with zero attached hydrogens (tertiary/aromatic N) is 1. The van der Waals surface area contributed by atoms with Crippen LogP contribution < -0.4 is 16.6 Å². The molecule has 0 atom stereocenters. The van der Waals surface area contributed by atoms with Crippen LogP contribution in [0.25, 0.3) is 0 Å². The van der Waals surface area contributed by atoms with E-state index in [9.17, 15) is 9.18 Å². The van der Waals surface area contributed by atoms with Crippen LogP contribution in [0.3, 0.4) is 0 Å². The van der Waals surface area contributed by atoms with Gasteiger partial charge in [-0.2, -0.15) is 0 Å². The number of nitrogens with one attached hydrogen (secondary N) is 2. The zero-order valence-electron chi connectivity index (χ0n) is 10.1. The number of rotatable bonds is 4. The molecule has 0 fully saturated rings. The van der Waals surface area contributed by atoms with Gasteiger partial charge in [0.2, 0.25) is 0 Å². The molecule has 0 bridgehead atoms. The van der Waals surface area contributed by atoms with Crippen molar-refractivity contribution in [1.82, 2.24) is 10.4 Å². The smallest absolute Gasteiger partial charge is 0.268 e. The fourth-order valence-electron chi connectivity index (χ4n) is 1.60. The number of carbonyl (C=O) groups is 1. The van der Waals surface area contributed by atoms with Crippen molar-refractivity contribution in [3.05, 3.63) is 59.5 Å². The SMILES string of the molecule is NNC(=O)c1cccnc1NCc1ccc(F)cc1. The number of halogens is 1. The van der Waals surface area contributed by atoms with Crippen LogP contribution >= 0.6 is 0 Å². The fraction of sp³-hybridized carbons (Fsp3) is 0.0769. The van der Waals surface area contributed by atoms with Crippen LogP contribution in [0.4, 0.5) is 10.2 Å². The zero-order chi connectivity index (χ0) is 13.7. The molecule has 4 N–H and O–H groups in total. The van der Waals surface area contributed by atoms with Gasteiger partial charge in [0.05, 0.1) is 5.56 Å². The van der Waals surface area contributed by atoms with Gasteiger partial charge in [0.15, 0.2) is 0 Å². The van der Waals surface area contributed by atoms with Crippen molar-refractivity contribution < 1.29 is 9.18 Å². The van der Waals surface area contributed by atoms with Gasteiger partial charge in [-0.3, -0.25) is 10.2 Å². The van der Waals surface area contributed by atoms with Crippen molar-refractivity contribution in [3.63, 3.8) is 0 Å². The first-order valence-electron chi connectivity index (χ1n) is 5.65. The highest BCUT2D eigenvalue weighted by Crippen LogP contribution is 2.13. The van der Waals surface area contributed by atoms with Gasteiger partial charge in [0.1, 0.15) is 11.6 Å². The highest BCUT2D eigenvalue weighted by atomic mass is 19.1. The minimum atomic E-state index is -0.422. The standard InChI is InChI=1S/C13H13FN4O/c14-10-5-3-9(4-6-10)8-17-12-11(13(19)18-15)2-1-7-16-12/h1-7H,8,15H2,(H,16,17)(H,18,19). The molecule has 6 heteroatoms. The van der Waals surface area contributed by atoms with Crippen LogP contribution in [-0.4, -0.2) is 10.9 Å². The normalized spacial score (nSPS) is 10.0. The van der Waals surface area contributed by atoms with Gasteiger partial charge in [-0.1, -0.05) is 12.1 Å². The van der Waals surface area contributed by atoms with Crippen LogP contribution in [0.5, 0.6) is 0 Å². The molecule has 0 aliphatic carbocycles. The highest BCUT2D eigenvalue weighted by Gasteiger charge is 2.10. The van der Waals surface area contributed by atoms with Crippen LogP contribution in [0, 0.1) is 5.82 Å². The van der Waals surface area contributed by atoms with Crippen molar-refractivity contribution >= 4 is 11.7 Å². The number of nitrogens with two attached hydrogens (primary N) is 1. The number of carbonyl (C=O) groups excluding carboxylic acids is 1. The molecule has 0 aliphatic heterocycles. The molecular weight excluding hydrogens is 247 g/mol. The quantitative estimate of drug-likeness (QED) is 0.441. The largest absolute Gasteiger partial charge is 0.365 e. The van der Waals surface area contributed by atoms with E-state index in [1.165, 1.54) is 12.1 Å². The average Bonchev–Trinajstić information content (AvgIpc) is 2.46. The summed E-state index contributed by atoms with van der Waals surface area (Å²) in [5.41, 5.74) is 3.29. The van der Waals surface area contributed by atoms with Crippen molar-refractivity contribution in [1.29, 1.82) is 0 Å². The van der Waals surface area contributed by atoms with Crippen LogP contribution in [0.2, 0.25) is 0 Å². The summed E-state index contributed by atoms with van der Waals surface area (Å²) in [4.78, 5) is 15.6. The molecule has 5 nitrogen and oxygen atoms in total. The summed E-state index contributed by atoms with van der Waals surface area (Å²) in [6.07, 6.45) is 1.57. The number of hydrogen-bond acceptors (Lipinski definition) is 4. The van der Waals surface area contributed by atoms with E-state index in [4.69, 9.17) is 5.84 Å². The van der Waals surface area contributed by atoms with Gasteiger partial charge < -0.3 is 5.32 Å². The monoisotopic (exact) mass is 260 g/mol. The molecule has 0 spiro atoms. The summed E-state index contributed by atoms with van der Waals surface area (Å²) < 4.78 is 12.8. The number of hydrazine groups is 1. The van der Waals surface area contributed by atoms with E-state index < -0.39 is 5.91 Å². The molecule has 1 aromatic carbocycles. The van der Waals surface area contributed by atoms with Crippen LogP contribution in [0.1, 0.15) is 15.9 Å². The molecule has 0 unspecified atom stereocenters. The number of aromatic nitrogens is 1. The second-order valence-corrected chi connectivity index (χ2v) is 3.85. The predicted molar refractivity (Wildman–Crippen MR) is 69.6 cm³/mol. The van der Waals surface area contributed by atoms with E-state index in [-0.39, 0.29) is 5.82 Å². The lowest BCUT2D eigenvalue weighted by Crippen LogP contribution is -2.30. The Morgan fingerprint density at radius 2 is 2.00 bits per heavy atom. The average molecular weight is 260 g/mol. The fourth-order valence-corrected chi connectivity index (χ4v) is 1.60. The summed E-state index contributed by atoms with van der Waals surface area (Å²) in [6.45, 7) is 0.433. The maximum Gasteiger partial charge on any atom is 0.268 e. The second-order valence-electron chi connectivity index (χ2n) is 3.85. The third-order valence-electron chi connectivity index (χ3n) is 2.56. The maximum absolute atomic E-state index is 12.8. The molecule has 0 aliphatic rings. The molecule has 1 heterocycles. The first-order chi connectivity index (χ1) is 9.20. The summed E-state index contributed by atoms with van der Waals surface area (Å²) in [5, 5.41) is 3.01. The van der Waals surface area contributed by atoms with E-state index in [0.29, 0.717) is 17.9 Å². The Kier molecular flexibility index (Phi) is 4.04. The molecule has 1 amide bonds. The summed E-state index contributed by atoms with van der Waals surface area (Å²) in [5.74, 6) is 4.82. The minimum absolute atomic E-state index is 0.287. The topological polar surface area (TPSA) is 80.0 Å². The molecule has 0 saturated heterocycles. The predicted octanol–water partition coefficient (Wildman–Crippen LogP) is 1.44. The highest BCUT2D eigenvalue weighted by molar-refractivity contribution is 5.98. The van der Waals surface area contributed by atoms with Gasteiger partial charge in [-0.15, -0.1) is 0 Å². The third kappa shape index (κ3) is 3.26. The Hall–Kier alpha value is -2.47. The Morgan fingerprint density at radius 3 is 2.68 bits per heavy atom. The van der Waals surface area contributed by atoms with Gasteiger partial charge in [-0.05, 0) is 29.8 Å². The number of amides is 1. The Morgan fingerprint density at radius 1 is 1.26 bits per heavy atom. The number of anilines is 1. The van der Waals surface area contributed by atoms with Crippen LogP contribution in [0.15, 0.2) is 42.6 Å². The van der Waals surface area contributed by atoms with E-state index in [1.807, 2.05) is 0 Å². The molecule has 0 saturated carbocycles. The third-order valence-corrected chi connectivity index (χ3v) is 2.56. The second kappa shape index (κ2) is 5.92. The molecule has 19 heavy (non-hydrogen) atoms. The number of benzene rings is 1. The van der Waals surface area contributed by atoms with E-state index >= 15 is 0 Å². The van der Waals surface area contributed by atoms with E-state index in [0.717, 1.165) is 5.56 Å². The Balaban J connectivity index is 2.11. The van der Waals surface area contributed by atoms with Gasteiger partial charge >= 0.3 is 0 Å². The molecule has 0 radical (unpaired) electrons. The molecule has 98 valence electrons. The summed E-state index contributed by atoms with van der Waals surface area (Å²) in [6, 6.07) is 9.34. The Bertz CT molecular complexity index is 571. The van der Waals surface area contributed by atoms with Gasteiger partial charge in [-0.25, -0.2) is 15.2 Å². The van der Waals surface area contributed by atoms with E-state index in [2.05, 4.69) is 15.7 Å². The number of hydrogen-bond donors (Lipinski definition) is 3. The number of pyridine rings is 1. The zero-order valence-corrected chi connectivity index (χ0v) is 10.1. The molecular formula is C13H13FN4O. The maximum atomic E-state index is 12.8. The molecule has 1 aromatic heterocycles. The molecule has 2 aromatic rings. The summed E-state index contributed by atoms with van der Waals surface area (Å²) in [7, 11) is 0. The lowest BCUT2D eigenvalue weighted by atomic mass is 10.2. The van der Waals surface area contributed by atoms with Crippen molar-refractivity contribution in [2.75, 3.05) is 5.32 Å². The first-order valence-corrected chi connectivity index (χ1v) is 5.65. The van der Waals surface area contributed by atoms with E-state index in [1.54, 1.807) is 30.5 Å². The van der Waals surface area contributed by atoms with Gasteiger partial charge in [0.25, 0.3) is 5.91 Å². The Labute approximate surface area is 109 Å². The molecule has 2 rings (SSSR count). The summed E-state index contributed by atoms with van der Waals surface area (Å²) >= 11 is 0. The van der Waals surface area contributed by atoms with Crippen molar-refractivity contribution in [2.45, 2.75) is 6.54 Å².